The number of rotatable bonds is 13. The number of amides is 2. The first-order valence-corrected chi connectivity index (χ1v) is 13.8. The van der Waals surface area contributed by atoms with E-state index in [2.05, 4.69) is 22.8 Å². The Hall–Kier alpha value is -3.88. The zero-order valence-corrected chi connectivity index (χ0v) is 23.8. The van der Waals surface area contributed by atoms with Gasteiger partial charge in [0.2, 0.25) is 0 Å². The third-order valence-corrected chi connectivity index (χ3v) is 6.63. The number of benzene rings is 2. The minimum Gasteiger partial charge on any atom is -0.467 e. The molecule has 0 aromatic heterocycles. The fourth-order valence-corrected chi connectivity index (χ4v) is 4.73. The first-order valence-electron chi connectivity index (χ1n) is 13.8. The lowest BCUT2D eigenvalue weighted by atomic mass is 9.98. The van der Waals surface area contributed by atoms with Crippen molar-refractivity contribution in [3.63, 3.8) is 0 Å². The maximum atomic E-state index is 12.6. The first-order chi connectivity index (χ1) is 19.1. The van der Waals surface area contributed by atoms with E-state index in [0.29, 0.717) is 19.4 Å². The molecule has 0 saturated carbocycles. The summed E-state index contributed by atoms with van der Waals surface area (Å²) in [5.74, 6) is -0.742. The monoisotopic (exact) mass is 552 g/mol. The smallest absolute Gasteiger partial charge is 0.407 e. The molecule has 0 aliphatic heterocycles. The maximum absolute atomic E-state index is 12.6. The number of fused-ring (bicyclic) bond motifs is 3. The number of carbonyl (C=O) groups excluding carboxylic acids is 4. The summed E-state index contributed by atoms with van der Waals surface area (Å²) in [5.41, 5.74) is 3.88. The number of Topliss-reactive ketones (excluding diaryl/α,β-unsaturated/α-hetero) is 1. The Kier molecular flexibility index (Phi) is 11.1. The lowest BCUT2D eigenvalue weighted by Crippen LogP contribution is -2.42. The molecule has 3 rings (SSSR count). The Balaban J connectivity index is 1.40. The van der Waals surface area contributed by atoms with Crippen LogP contribution in [0.25, 0.3) is 11.1 Å². The van der Waals surface area contributed by atoms with Gasteiger partial charge in [0.05, 0.1) is 7.11 Å². The molecule has 0 unspecified atom stereocenters. The van der Waals surface area contributed by atoms with Crippen LogP contribution in [-0.4, -0.2) is 55.8 Å². The van der Waals surface area contributed by atoms with Crippen LogP contribution in [0.1, 0.15) is 76.3 Å². The minimum atomic E-state index is -0.984. The van der Waals surface area contributed by atoms with Crippen LogP contribution in [0.15, 0.2) is 48.5 Å². The number of methoxy groups -OCH3 is 1. The highest BCUT2D eigenvalue weighted by molar-refractivity contribution is 5.83. The van der Waals surface area contributed by atoms with Crippen LogP contribution in [0.3, 0.4) is 0 Å². The third kappa shape index (κ3) is 9.10. The molecule has 216 valence electrons. The summed E-state index contributed by atoms with van der Waals surface area (Å²) in [7, 11) is 1.24. The van der Waals surface area contributed by atoms with Crippen molar-refractivity contribution in [3.8, 4) is 11.1 Å². The van der Waals surface area contributed by atoms with Gasteiger partial charge in [-0.2, -0.15) is 0 Å². The Bertz CT molecular complexity index is 1140. The van der Waals surface area contributed by atoms with Crippen LogP contribution in [0.4, 0.5) is 9.59 Å². The van der Waals surface area contributed by atoms with Gasteiger partial charge in [-0.3, -0.25) is 4.79 Å². The molecular weight excluding hydrogens is 512 g/mol. The molecule has 0 heterocycles. The van der Waals surface area contributed by atoms with E-state index >= 15 is 0 Å². The van der Waals surface area contributed by atoms with Crippen LogP contribution in [0.2, 0.25) is 0 Å². The van der Waals surface area contributed by atoms with E-state index in [4.69, 9.17) is 14.2 Å². The summed E-state index contributed by atoms with van der Waals surface area (Å²) in [6.07, 6.45) is 1.56. The van der Waals surface area contributed by atoms with Gasteiger partial charge >= 0.3 is 18.2 Å². The van der Waals surface area contributed by atoms with E-state index in [0.717, 1.165) is 35.1 Å². The SMILES string of the molecule is COC(=O)[C@H](CCC(=O)CCCCCNC(=O)OC(C)(C)C)NC(=O)OCC1c2ccccc2-c2ccccc21. The Labute approximate surface area is 236 Å². The van der Waals surface area contributed by atoms with Crippen molar-refractivity contribution in [1.82, 2.24) is 10.6 Å². The minimum absolute atomic E-state index is 0.0108. The number of esters is 1. The van der Waals surface area contributed by atoms with Gasteiger partial charge in [0, 0.05) is 25.3 Å². The highest BCUT2D eigenvalue weighted by Crippen LogP contribution is 2.44. The molecule has 2 aromatic carbocycles. The summed E-state index contributed by atoms with van der Waals surface area (Å²) in [6.45, 7) is 6.00. The van der Waals surface area contributed by atoms with E-state index in [-0.39, 0.29) is 31.1 Å². The number of alkyl carbamates (subject to hydrolysis) is 2. The van der Waals surface area contributed by atoms with Gasteiger partial charge in [0.15, 0.2) is 0 Å². The Morgan fingerprint density at radius 2 is 1.48 bits per heavy atom. The molecule has 1 atom stereocenters. The van der Waals surface area contributed by atoms with Crippen LogP contribution in [-0.2, 0) is 23.8 Å². The van der Waals surface area contributed by atoms with Gasteiger partial charge in [-0.1, -0.05) is 55.0 Å². The second kappa shape index (κ2) is 14.5. The quantitative estimate of drug-likeness (QED) is 0.191. The van der Waals surface area contributed by atoms with E-state index in [9.17, 15) is 19.2 Å². The van der Waals surface area contributed by atoms with Crippen molar-refractivity contribution in [1.29, 1.82) is 0 Å². The molecule has 0 saturated heterocycles. The lowest BCUT2D eigenvalue weighted by molar-refractivity contribution is -0.143. The van der Waals surface area contributed by atoms with Gasteiger partial charge < -0.3 is 24.8 Å². The van der Waals surface area contributed by atoms with Crippen molar-refractivity contribution in [3.05, 3.63) is 59.7 Å². The summed E-state index contributed by atoms with van der Waals surface area (Å²) >= 11 is 0. The Morgan fingerprint density at radius 1 is 0.850 bits per heavy atom. The fraction of sp³-hybridized carbons (Fsp3) is 0.484. The van der Waals surface area contributed by atoms with Crippen LogP contribution < -0.4 is 10.6 Å². The van der Waals surface area contributed by atoms with Crippen LogP contribution >= 0.6 is 0 Å². The molecule has 40 heavy (non-hydrogen) atoms. The van der Waals surface area contributed by atoms with Crippen molar-refractivity contribution in [2.45, 2.75) is 76.9 Å². The molecule has 2 amide bonds. The highest BCUT2D eigenvalue weighted by Gasteiger charge is 2.30. The van der Waals surface area contributed by atoms with Crippen LogP contribution in [0.5, 0.6) is 0 Å². The second-order valence-corrected chi connectivity index (χ2v) is 10.9. The normalized spacial score (nSPS) is 13.0. The standard InChI is InChI=1S/C31H40N2O7/c1-31(2,3)40-29(36)32-19-11-5-6-12-21(34)17-18-27(28(35)38-4)33-30(37)39-20-26-24-15-9-7-13-22(24)23-14-8-10-16-25(23)26/h7-10,13-16,26-27H,5-6,11-12,17-20H2,1-4H3,(H,32,36)(H,33,37)/t27-/m0/s1. The molecule has 1 aliphatic carbocycles. The van der Waals surface area contributed by atoms with Gasteiger partial charge in [-0.25, -0.2) is 14.4 Å². The molecule has 9 nitrogen and oxygen atoms in total. The molecule has 0 spiro atoms. The predicted octanol–water partition coefficient (Wildman–Crippen LogP) is 5.50. The number of unbranched alkanes of at least 4 members (excludes halogenated alkanes) is 2. The number of carbonyl (C=O) groups is 4. The number of ether oxygens (including phenoxy) is 3. The van der Waals surface area contributed by atoms with Crippen molar-refractivity contribution < 1.29 is 33.4 Å². The molecule has 2 N–H and O–H groups in total. The van der Waals surface area contributed by atoms with E-state index in [1.54, 1.807) is 20.8 Å². The van der Waals surface area contributed by atoms with Crippen LogP contribution in [0, 0.1) is 0 Å². The molecule has 2 aromatic rings. The number of nitrogens with one attached hydrogen (secondary N) is 2. The van der Waals surface area contributed by atoms with Gasteiger partial charge in [-0.05, 0) is 62.3 Å². The fourth-order valence-electron chi connectivity index (χ4n) is 4.73. The average molecular weight is 553 g/mol. The zero-order valence-electron chi connectivity index (χ0n) is 23.8. The van der Waals surface area contributed by atoms with Gasteiger partial charge in [0.25, 0.3) is 0 Å². The third-order valence-electron chi connectivity index (χ3n) is 6.63. The summed E-state index contributed by atoms with van der Waals surface area (Å²) in [4.78, 5) is 48.9. The van der Waals surface area contributed by atoms with Gasteiger partial charge in [-0.15, -0.1) is 0 Å². The Morgan fingerprint density at radius 3 is 2.08 bits per heavy atom. The number of ketones is 1. The average Bonchev–Trinajstić information content (AvgIpc) is 3.24. The summed E-state index contributed by atoms with van der Waals surface area (Å²) < 4.78 is 15.5. The maximum Gasteiger partial charge on any atom is 0.407 e. The molecule has 9 heteroatoms. The van der Waals surface area contributed by atoms with Crippen molar-refractivity contribution >= 4 is 23.9 Å². The zero-order chi connectivity index (χ0) is 29.1. The summed E-state index contributed by atoms with van der Waals surface area (Å²) in [5, 5.41) is 5.26. The summed E-state index contributed by atoms with van der Waals surface area (Å²) in [6, 6.07) is 15.1. The van der Waals surface area contributed by atoms with E-state index in [1.807, 2.05) is 36.4 Å². The number of hydrogen-bond acceptors (Lipinski definition) is 7. The second-order valence-electron chi connectivity index (χ2n) is 10.9. The van der Waals surface area contributed by atoms with E-state index in [1.165, 1.54) is 7.11 Å². The van der Waals surface area contributed by atoms with Crippen molar-refractivity contribution in [2.75, 3.05) is 20.3 Å². The lowest BCUT2D eigenvalue weighted by Gasteiger charge is -2.19. The first kappa shape index (κ1) is 30.7. The largest absolute Gasteiger partial charge is 0.467 e. The topological polar surface area (TPSA) is 120 Å². The van der Waals surface area contributed by atoms with Crippen molar-refractivity contribution in [2.24, 2.45) is 0 Å². The molecule has 0 fully saturated rings. The highest BCUT2D eigenvalue weighted by atomic mass is 16.6. The van der Waals surface area contributed by atoms with Gasteiger partial charge in [0.1, 0.15) is 24.0 Å². The molecular formula is C31H40N2O7. The predicted molar refractivity (Wildman–Crippen MR) is 151 cm³/mol. The molecule has 0 radical (unpaired) electrons. The number of hydrogen-bond donors (Lipinski definition) is 2. The molecule has 1 aliphatic rings. The van der Waals surface area contributed by atoms with E-state index < -0.39 is 29.8 Å². The molecule has 0 bridgehead atoms.